The molecule has 0 atom stereocenters. The normalized spacial score (nSPS) is 10.9. The fraction of sp³-hybridized carbons (Fsp3) is 0.158. The SMILES string of the molecule is NC(=O)CCN(C(=O)/C=C/c1ccc(OC(F)F)cc1)c1ccccc1. The number of benzene rings is 2. The highest BCUT2D eigenvalue weighted by Crippen LogP contribution is 2.17. The summed E-state index contributed by atoms with van der Waals surface area (Å²) in [6.07, 6.45) is 2.93. The van der Waals surface area contributed by atoms with Gasteiger partial charge >= 0.3 is 6.61 Å². The second-order valence-electron chi connectivity index (χ2n) is 5.32. The molecule has 0 aliphatic rings. The molecule has 0 aliphatic carbocycles. The first-order chi connectivity index (χ1) is 12.5. The van der Waals surface area contributed by atoms with Gasteiger partial charge in [0.05, 0.1) is 0 Å². The van der Waals surface area contributed by atoms with Gasteiger partial charge in [0.15, 0.2) is 0 Å². The maximum Gasteiger partial charge on any atom is 0.387 e. The highest BCUT2D eigenvalue weighted by molar-refractivity contribution is 6.04. The van der Waals surface area contributed by atoms with Gasteiger partial charge in [-0.2, -0.15) is 8.78 Å². The number of hydrogen-bond donors (Lipinski definition) is 1. The van der Waals surface area contributed by atoms with Crippen LogP contribution in [0.15, 0.2) is 60.7 Å². The average molecular weight is 360 g/mol. The molecule has 5 nitrogen and oxygen atoms in total. The molecule has 0 aliphatic heterocycles. The summed E-state index contributed by atoms with van der Waals surface area (Å²) in [5.41, 5.74) is 6.46. The van der Waals surface area contributed by atoms with E-state index in [9.17, 15) is 18.4 Å². The van der Waals surface area contributed by atoms with Crippen LogP contribution in [0.1, 0.15) is 12.0 Å². The highest BCUT2D eigenvalue weighted by atomic mass is 19.3. The summed E-state index contributed by atoms with van der Waals surface area (Å²) in [7, 11) is 0. The first-order valence-corrected chi connectivity index (χ1v) is 7.83. The van der Waals surface area contributed by atoms with Crippen molar-refractivity contribution in [3.8, 4) is 5.75 Å². The smallest absolute Gasteiger partial charge is 0.387 e. The molecule has 2 aromatic carbocycles. The third kappa shape index (κ3) is 6.01. The van der Waals surface area contributed by atoms with E-state index in [4.69, 9.17) is 5.73 Å². The van der Waals surface area contributed by atoms with E-state index in [-0.39, 0.29) is 24.6 Å². The van der Waals surface area contributed by atoms with Gasteiger partial charge in [-0.15, -0.1) is 0 Å². The van der Waals surface area contributed by atoms with E-state index in [1.54, 1.807) is 42.5 Å². The van der Waals surface area contributed by atoms with Crippen molar-refractivity contribution in [3.63, 3.8) is 0 Å². The summed E-state index contributed by atoms with van der Waals surface area (Å²) < 4.78 is 28.5. The number of carbonyl (C=O) groups is 2. The number of nitrogens with zero attached hydrogens (tertiary/aromatic N) is 1. The van der Waals surface area contributed by atoms with Crippen molar-refractivity contribution >= 4 is 23.6 Å². The number of carbonyl (C=O) groups excluding carboxylic acids is 2. The van der Waals surface area contributed by atoms with E-state index in [0.717, 1.165) is 0 Å². The van der Waals surface area contributed by atoms with E-state index in [1.165, 1.54) is 23.1 Å². The molecule has 0 heterocycles. The third-order valence-corrected chi connectivity index (χ3v) is 3.44. The summed E-state index contributed by atoms with van der Waals surface area (Å²) in [6.45, 7) is -2.73. The van der Waals surface area contributed by atoms with Crippen LogP contribution < -0.4 is 15.4 Å². The van der Waals surface area contributed by atoms with E-state index in [1.807, 2.05) is 6.07 Å². The minimum absolute atomic E-state index is 0.0359. The molecule has 2 amide bonds. The Hall–Kier alpha value is -3.22. The lowest BCUT2D eigenvalue weighted by Crippen LogP contribution is -2.32. The summed E-state index contributed by atoms with van der Waals surface area (Å²) in [5, 5.41) is 0. The molecule has 0 aromatic heterocycles. The second kappa shape index (κ2) is 9.31. The van der Waals surface area contributed by atoms with Crippen molar-refractivity contribution in [2.75, 3.05) is 11.4 Å². The first kappa shape index (κ1) is 19.1. The lowest BCUT2D eigenvalue weighted by atomic mass is 10.2. The van der Waals surface area contributed by atoms with Crippen molar-refractivity contribution in [1.29, 1.82) is 0 Å². The number of nitrogens with two attached hydrogens (primary N) is 1. The van der Waals surface area contributed by atoms with Gasteiger partial charge in [0.2, 0.25) is 5.91 Å². The molecular formula is C19H18F2N2O3. The van der Waals surface area contributed by atoms with E-state index < -0.39 is 12.5 Å². The van der Waals surface area contributed by atoms with Gasteiger partial charge in [0, 0.05) is 24.7 Å². The van der Waals surface area contributed by atoms with Crippen molar-refractivity contribution in [2.45, 2.75) is 13.0 Å². The van der Waals surface area contributed by atoms with Gasteiger partial charge in [0.1, 0.15) is 5.75 Å². The molecule has 2 N–H and O–H groups in total. The Balaban J connectivity index is 2.10. The number of halogens is 2. The van der Waals surface area contributed by atoms with Crippen LogP contribution in [-0.4, -0.2) is 25.0 Å². The Morgan fingerprint density at radius 1 is 1.08 bits per heavy atom. The predicted molar refractivity (Wildman–Crippen MR) is 94.7 cm³/mol. The topological polar surface area (TPSA) is 72.6 Å². The van der Waals surface area contributed by atoms with Crippen LogP contribution in [0, 0.1) is 0 Å². The maximum absolute atomic E-state index is 12.5. The molecule has 0 spiro atoms. The van der Waals surface area contributed by atoms with Gasteiger partial charge < -0.3 is 15.4 Å². The molecule has 2 rings (SSSR count). The van der Waals surface area contributed by atoms with Crippen LogP contribution in [0.5, 0.6) is 5.75 Å². The minimum Gasteiger partial charge on any atom is -0.435 e. The van der Waals surface area contributed by atoms with Gasteiger partial charge in [-0.1, -0.05) is 30.3 Å². The number of anilines is 1. The van der Waals surface area contributed by atoms with Crippen LogP contribution in [-0.2, 0) is 9.59 Å². The van der Waals surface area contributed by atoms with Crippen LogP contribution >= 0.6 is 0 Å². The quantitative estimate of drug-likeness (QED) is 0.735. The zero-order valence-electron chi connectivity index (χ0n) is 13.8. The van der Waals surface area contributed by atoms with Crippen molar-refractivity contribution < 1.29 is 23.1 Å². The van der Waals surface area contributed by atoms with Crippen LogP contribution in [0.4, 0.5) is 14.5 Å². The Bertz CT molecular complexity index is 762. The Labute approximate surface area is 149 Å². The lowest BCUT2D eigenvalue weighted by molar-refractivity contribution is -0.118. The molecule has 0 fully saturated rings. The average Bonchev–Trinajstić information content (AvgIpc) is 2.61. The van der Waals surface area contributed by atoms with E-state index in [2.05, 4.69) is 4.74 Å². The van der Waals surface area contributed by atoms with Crippen molar-refractivity contribution in [1.82, 2.24) is 0 Å². The molecule has 0 unspecified atom stereocenters. The Morgan fingerprint density at radius 2 is 1.73 bits per heavy atom. The first-order valence-electron chi connectivity index (χ1n) is 7.83. The second-order valence-corrected chi connectivity index (χ2v) is 5.32. The number of para-hydroxylation sites is 1. The molecule has 7 heteroatoms. The molecule has 0 saturated heterocycles. The van der Waals surface area contributed by atoms with E-state index in [0.29, 0.717) is 11.3 Å². The number of alkyl halides is 2. The number of ether oxygens (including phenoxy) is 1. The van der Waals surface area contributed by atoms with Crippen molar-refractivity contribution in [3.05, 3.63) is 66.2 Å². The molecule has 0 saturated carbocycles. The summed E-state index contributed by atoms with van der Waals surface area (Å²) >= 11 is 0. The number of hydrogen-bond acceptors (Lipinski definition) is 3. The minimum atomic E-state index is -2.89. The van der Waals surface area contributed by atoms with Crippen LogP contribution in [0.2, 0.25) is 0 Å². The summed E-state index contributed by atoms with van der Waals surface area (Å²) in [5.74, 6) is -0.793. The largest absolute Gasteiger partial charge is 0.435 e. The van der Waals surface area contributed by atoms with Gasteiger partial charge in [-0.05, 0) is 35.9 Å². The van der Waals surface area contributed by atoms with Gasteiger partial charge in [0.25, 0.3) is 5.91 Å². The fourth-order valence-electron chi connectivity index (χ4n) is 2.21. The molecule has 136 valence electrons. The number of rotatable bonds is 8. The fourth-order valence-corrected chi connectivity index (χ4v) is 2.21. The van der Waals surface area contributed by atoms with Crippen molar-refractivity contribution in [2.24, 2.45) is 5.73 Å². The van der Waals surface area contributed by atoms with Gasteiger partial charge in [-0.3, -0.25) is 9.59 Å². The van der Waals surface area contributed by atoms with Crippen LogP contribution in [0.3, 0.4) is 0 Å². The maximum atomic E-state index is 12.5. The number of primary amides is 1. The third-order valence-electron chi connectivity index (χ3n) is 3.44. The van der Waals surface area contributed by atoms with Gasteiger partial charge in [-0.25, -0.2) is 0 Å². The van der Waals surface area contributed by atoms with E-state index >= 15 is 0 Å². The molecule has 2 aromatic rings. The Kier molecular flexibility index (Phi) is 6.84. The monoisotopic (exact) mass is 360 g/mol. The summed E-state index contributed by atoms with van der Waals surface area (Å²) in [6, 6.07) is 14.8. The highest BCUT2D eigenvalue weighted by Gasteiger charge is 2.13. The zero-order valence-corrected chi connectivity index (χ0v) is 13.8. The van der Waals surface area contributed by atoms with Crippen LogP contribution in [0.25, 0.3) is 6.08 Å². The molecule has 26 heavy (non-hydrogen) atoms. The Morgan fingerprint density at radius 3 is 2.31 bits per heavy atom. The zero-order chi connectivity index (χ0) is 18.9. The molecule has 0 radical (unpaired) electrons. The lowest BCUT2D eigenvalue weighted by Gasteiger charge is -2.20. The molecule has 0 bridgehead atoms. The predicted octanol–water partition coefficient (Wildman–Crippen LogP) is 3.21. The number of amides is 2. The summed E-state index contributed by atoms with van der Waals surface area (Å²) in [4.78, 5) is 25.0. The standard InChI is InChI=1S/C19H18F2N2O3/c20-19(21)26-16-9-6-14(7-10-16)8-11-18(25)23(13-12-17(22)24)15-4-2-1-3-5-15/h1-11,19H,12-13H2,(H2,22,24)/b11-8+. The molecular weight excluding hydrogens is 342 g/mol.